The van der Waals surface area contributed by atoms with Crippen molar-refractivity contribution >= 4 is 0 Å². The fourth-order valence-electron chi connectivity index (χ4n) is 3.36. The molecule has 1 N–H and O–H groups in total. The summed E-state index contributed by atoms with van der Waals surface area (Å²) in [5, 5.41) is 10.3. The fraction of sp³-hybridized carbons (Fsp3) is 0.733. The van der Waals surface area contributed by atoms with Gasteiger partial charge in [-0.25, -0.2) is 0 Å². The molecule has 1 heteroatoms. The summed E-state index contributed by atoms with van der Waals surface area (Å²) in [6.45, 7) is 10.9. The third kappa shape index (κ3) is 1.98. The molecule has 0 aliphatic heterocycles. The first-order valence-corrected chi connectivity index (χ1v) is 6.46. The van der Waals surface area contributed by atoms with E-state index in [2.05, 4.69) is 33.4 Å². The SMILES string of the molecule is C=C1CC/C=C(\C)CC[C@@H]2[C@@H]([C@H]1O)C2(C)C. The Labute approximate surface area is 99.3 Å². The minimum absolute atomic E-state index is 0.271. The summed E-state index contributed by atoms with van der Waals surface area (Å²) >= 11 is 0. The molecule has 16 heavy (non-hydrogen) atoms. The Balaban J connectivity index is 2.15. The van der Waals surface area contributed by atoms with Gasteiger partial charge in [-0.2, -0.15) is 0 Å². The third-order valence-corrected chi connectivity index (χ3v) is 4.71. The number of hydrogen-bond acceptors (Lipinski definition) is 1. The van der Waals surface area contributed by atoms with Crippen LogP contribution in [0.15, 0.2) is 23.8 Å². The second-order valence-corrected chi connectivity index (χ2v) is 6.18. The van der Waals surface area contributed by atoms with E-state index in [9.17, 15) is 5.11 Å². The van der Waals surface area contributed by atoms with Gasteiger partial charge in [0.1, 0.15) is 0 Å². The maximum Gasteiger partial charge on any atom is 0.0783 e. The molecule has 1 nitrogen and oxygen atoms in total. The molecule has 0 spiro atoms. The van der Waals surface area contributed by atoms with Crippen molar-refractivity contribution in [3.05, 3.63) is 23.8 Å². The van der Waals surface area contributed by atoms with Crippen LogP contribution >= 0.6 is 0 Å². The Kier molecular flexibility index (Phi) is 3.00. The lowest BCUT2D eigenvalue weighted by Gasteiger charge is -2.15. The quantitative estimate of drug-likeness (QED) is 0.617. The molecule has 0 bridgehead atoms. The van der Waals surface area contributed by atoms with E-state index >= 15 is 0 Å². The number of allylic oxidation sites excluding steroid dienone is 2. The average Bonchev–Trinajstić information content (AvgIpc) is 2.75. The summed E-state index contributed by atoms with van der Waals surface area (Å²) < 4.78 is 0. The first-order valence-electron chi connectivity index (χ1n) is 6.46. The lowest BCUT2D eigenvalue weighted by atomic mass is 9.96. The second kappa shape index (κ2) is 4.03. The van der Waals surface area contributed by atoms with Gasteiger partial charge in [0, 0.05) is 0 Å². The maximum absolute atomic E-state index is 10.3. The van der Waals surface area contributed by atoms with Gasteiger partial charge in [-0.3, -0.25) is 0 Å². The van der Waals surface area contributed by atoms with E-state index in [1.807, 2.05) is 0 Å². The third-order valence-electron chi connectivity index (χ3n) is 4.71. The Morgan fingerprint density at radius 2 is 2.06 bits per heavy atom. The minimum atomic E-state index is -0.271. The lowest BCUT2D eigenvalue weighted by Crippen LogP contribution is -2.16. The molecule has 2 aliphatic carbocycles. The van der Waals surface area contributed by atoms with Crippen molar-refractivity contribution in [3.63, 3.8) is 0 Å². The van der Waals surface area contributed by atoms with E-state index in [4.69, 9.17) is 0 Å². The summed E-state index contributed by atoms with van der Waals surface area (Å²) in [5.41, 5.74) is 2.85. The van der Waals surface area contributed by atoms with E-state index in [0.717, 1.165) is 18.4 Å². The molecule has 0 saturated heterocycles. The van der Waals surface area contributed by atoms with Gasteiger partial charge in [-0.05, 0) is 55.4 Å². The molecule has 0 heterocycles. The molecule has 1 saturated carbocycles. The molecule has 0 unspecified atom stereocenters. The molecular weight excluding hydrogens is 196 g/mol. The zero-order valence-corrected chi connectivity index (χ0v) is 10.8. The van der Waals surface area contributed by atoms with Gasteiger partial charge in [0.15, 0.2) is 0 Å². The maximum atomic E-state index is 10.3. The summed E-state index contributed by atoms with van der Waals surface area (Å²) in [4.78, 5) is 0. The Morgan fingerprint density at radius 1 is 1.38 bits per heavy atom. The van der Waals surface area contributed by atoms with E-state index in [0.29, 0.717) is 17.3 Å². The van der Waals surface area contributed by atoms with Gasteiger partial charge >= 0.3 is 0 Å². The van der Waals surface area contributed by atoms with E-state index < -0.39 is 0 Å². The summed E-state index contributed by atoms with van der Waals surface area (Å²) in [6.07, 6.45) is 6.45. The van der Waals surface area contributed by atoms with E-state index in [1.165, 1.54) is 18.4 Å². The zero-order chi connectivity index (χ0) is 11.9. The number of rotatable bonds is 0. The van der Waals surface area contributed by atoms with Crippen molar-refractivity contribution < 1.29 is 5.11 Å². The van der Waals surface area contributed by atoms with Crippen LogP contribution in [0, 0.1) is 17.3 Å². The molecule has 3 atom stereocenters. The molecule has 0 amide bonds. The molecule has 0 radical (unpaired) electrons. The van der Waals surface area contributed by atoms with Crippen molar-refractivity contribution in [3.8, 4) is 0 Å². The minimum Gasteiger partial charge on any atom is -0.388 e. The van der Waals surface area contributed by atoms with Crippen molar-refractivity contribution in [1.82, 2.24) is 0 Å². The van der Waals surface area contributed by atoms with Crippen LogP contribution in [0.5, 0.6) is 0 Å². The first-order chi connectivity index (χ1) is 7.44. The predicted molar refractivity (Wildman–Crippen MR) is 68.1 cm³/mol. The van der Waals surface area contributed by atoms with Crippen LogP contribution in [0.3, 0.4) is 0 Å². The monoisotopic (exact) mass is 220 g/mol. The van der Waals surface area contributed by atoms with Gasteiger partial charge < -0.3 is 5.11 Å². The highest BCUT2D eigenvalue weighted by Gasteiger charge is 2.60. The highest BCUT2D eigenvalue weighted by Crippen LogP contribution is 2.63. The number of aliphatic hydroxyl groups excluding tert-OH is 1. The summed E-state index contributed by atoms with van der Waals surface area (Å²) in [7, 11) is 0. The summed E-state index contributed by atoms with van der Waals surface area (Å²) in [6, 6.07) is 0. The molecule has 2 aliphatic rings. The molecule has 0 aromatic carbocycles. The van der Waals surface area contributed by atoms with Gasteiger partial charge in [0.05, 0.1) is 6.10 Å². The van der Waals surface area contributed by atoms with Gasteiger partial charge in [0.25, 0.3) is 0 Å². The lowest BCUT2D eigenvalue weighted by molar-refractivity contribution is 0.164. The zero-order valence-electron chi connectivity index (χ0n) is 10.8. The number of hydrogen-bond donors (Lipinski definition) is 1. The van der Waals surface area contributed by atoms with E-state index in [-0.39, 0.29) is 6.10 Å². The average molecular weight is 220 g/mol. The van der Waals surface area contributed by atoms with Crippen LogP contribution < -0.4 is 0 Å². The first kappa shape index (κ1) is 11.9. The highest BCUT2D eigenvalue weighted by molar-refractivity contribution is 5.19. The van der Waals surface area contributed by atoms with Crippen molar-refractivity contribution in [1.29, 1.82) is 0 Å². The van der Waals surface area contributed by atoms with Gasteiger partial charge in [-0.1, -0.05) is 32.1 Å². The number of fused-ring (bicyclic) bond motifs is 1. The smallest absolute Gasteiger partial charge is 0.0783 e. The Hall–Kier alpha value is -0.560. The molecule has 0 aromatic heterocycles. The topological polar surface area (TPSA) is 20.2 Å². The van der Waals surface area contributed by atoms with Crippen LogP contribution in [0.2, 0.25) is 0 Å². The Bertz CT molecular complexity index is 324. The number of aliphatic hydroxyl groups is 1. The Morgan fingerprint density at radius 3 is 2.75 bits per heavy atom. The normalized spacial score (nSPS) is 41.9. The van der Waals surface area contributed by atoms with Crippen molar-refractivity contribution in [2.24, 2.45) is 17.3 Å². The highest BCUT2D eigenvalue weighted by atomic mass is 16.3. The largest absolute Gasteiger partial charge is 0.388 e. The van der Waals surface area contributed by atoms with Crippen molar-refractivity contribution in [2.45, 2.75) is 52.6 Å². The second-order valence-electron chi connectivity index (χ2n) is 6.18. The van der Waals surface area contributed by atoms with Gasteiger partial charge in [0.2, 0.25) is 0 Å². The van der Waals surface area contributed by atoms with Crippen LogP contribution in [-0.2, 0) is 0 Å². The molecule has 0 aromatic rings. The molecule has 1 fully saturated rings. The van der Waals surface area contributed by atoms with Crippen LogP contribution in [-0.4, -0.2) is 11.2 Å². The van der Waals surface area contributed by atoms with Crippen LogP contribution in [0.25, 0.3) is 0 Å². The van der Waals surface area contributed by atoms with Crippen LogP contribution in [0.4, 0.5) is 0 Å². The summed E-state index contributed by atoms with van der Waals surface area (Å²) in [5.74, 6) is 1.13. The van der Waals surface area contributed by atoms with E-state index in [1.54, 1.807) is 0 Å². The standard InChI is InChI=1S/C15H24O/c1-10-6-5-7-11(2)14(16)13-12(9-8-10)15(13,3)4/h6,12-14,16H,2,5,7-9H2,1,3-4H3/b10-6+/t12-,13+,14+/m1/s1. The van der Waals surface area contributed by atoms with Crippen molar-refractivity contribution in [2.75, 3.05) is 0 Å². The fourth-order valence-corrected chi connectivity index (χ4v) is 3.36. The molecular formula is C15H24O. The van der Waals surface area contributed by atoms with Crippen LogP contribution in [0.1, 0.15) is 46.5 Å². The molecule has 90 valence electrons. The molecule has 2 rings (SSSR count). The predicted octanol–water partition coefficient (Wildman–Crippen LogP) is 3.70. The van der Waals surface area contributed by atoms with Gasteiger partial charge in [-0.15, -0.1) is 0 Å².